The quantitative estimate of drug-likeness (QED) is 0.0488. The average Bonchev–Trinajstić information content (AvgIpc) is 0.817. The smallest absolute Gasteiger partial charge is 0.410 e. The Kier molecular flexibility index (Phi) is 25.8. The number of piperidine rings is 3. The number of nitrogens with zero attached hydrogens (tertiary/aromatic N) is 5. The normalized spacial score (nSPS) is 15.6. The first-order valence-corrected chi connectivity index (χ1v) is 33.4. The van der Waals surface area contributed by atoms with Crippen LogP contribution in [0.15, 0.2) is 226 Å². The highest BCUT2D eigenvalue weighted by Gasteiger charge is 2.31. The highest BCUT2D eigenvalue weighted by molar-refractivity contribution is 6.66. The van der Waals surface area contributed by atoms with Gasteiger partial charge in [0, 0.05) is 84.2 Å². The van der Waals surface area contributed by atoms with Crippen LogP contribution < -0.4 is 36.7 Å². The average molecular weight is 1370 g/mol. The van der Waals surface area contributed by atoms with Gasteiger partial charge in [-0.2, -0.15) is 0 Å². The molecule has 5 amide bonds. The van der Waals surface area contributed by atoms with Crippen molar-refractivity contribution < 1.29 is 47.7 Å². The van der Waals surface area contributed by atoms with Gasteiger partial charge in [-0.25, -0.2) is 4.79 Å². The Morgan fingerprint density at radius 3 is 1.11 bits per heavy atom. The van der Waals surface area contributed by atoms with Crippen molar-refractivity contribution in [3.05, 3.63) is 259 Å². The molecule has 9 aromatic rings. The Bertz CT molecular complexity index is 4280. The maximum Gasteiger partial charge on any atom is 0.410 e. The highest BCUT2D eigenvalue weighted by atomic mass is 35.5. The van der Waals surface area contributed by atoms with E-state index in [4.69, 9.17) is 62.7 Å². The Morgan fingerprint density at radius 1 is 0.460 bits per heavy atom. The summed E-state index contributed by atoms with van der Waals surface area (Å²) in [5, 5.41) is 2.90. The van der Waals surface area contributed by atoms with Gasteiger partial charge in [0.15, 0.2) is 0 Å². The Labute approximate surface area is 588 Å². The number of primary amides is 3. The minimum atomic E-state index is -0.547. The molecule has 3 unspecified atom stereocenters. The van der Waals surface area contributed by atoms with Crippen LogP contribution in [0.25, 0.3) is 33.8 Å². The number of carbonyl (C=O) groups excluding carboxylic acids is 6. The summed E-state index contributed by atoms with van der Waals surface area (Å²) in [5.41, 5.74) is 24.2. The van der Waals surface area contributed by atoms with Crippen LogP contribution in [0.5, 0.6) is 34.5 Å². The number of ether oxygens (including phenoxy) is 4. The first-order chi connectivity index (χ1) is 48.2. The first kappa shape index (κ1) is 73.0. The van der Waals surface area contributed by atoms with E-state index in [0.717, 1.165) is 121 Å². The fourth-order valence-electron chi connectivity index (χ4n) is 11.6. The van der Waals surface area contributed by atoms with Gasteiger partial charge in [-0.1, -0.05) is 67.8 Å². The van der Waals surface area contributed by atoms with Gasteiger partial charge >= 0.3 is 6.09 Å². The van der Waals surface area contributed by atoms with Crippen molar-refractivity contribution in [3.8, 4) is 68.3 Å². The monoisotopic (exact) mass is 1360 g/mol. The second-order valence-corrected chi connectivity index (χ2v) is 25.3. The number of likely N-dealkylation sites (tertiary alicyclic amines) is 2. The topological polar surface area (TPSA) is 275 Å². The minimum absolute atomic E-state index is 0.0395. The zero-order valence-electron chi connectivity index (χ0n) is 56.3. The SMILES string of the molecule is C=CC(=O)Cl.C=CC(=O)N1CCCC(c2ccc(C(N)=O)c(-c3ccc(Oc4ccccc4)cc3)n2)C1.CC(C)(C)OC(=O)N1CCCC(c2ccc(C(N)=O)c(-c3ccc(Oc4ccccc4)cc3)n2)C1.NC(=O)c1ccc(C2CCCNC2)nc1-c1ccc(Oc2ccccc2)cc1. The fourth-order valence-corrected chi connectivity index (χ4v) is 11.6. The molecule has 3 atom stereocenters. The molecule has 0 spiro atoms. The molecule has 0 bridgehead atoms. The van der Waals surface area contributed by atoms with Crippen LogP contribution in [-0.4, -0.2) is 105 Å². The molecule has 7 N–H and O–H groups in total. The van der Waals surface area contributed by atoms with Crippen molar-refractivity contribution in [2.45, 2.75) is 82.7 Å². The highest BCUT2D eigenvalue weighted by Crippen LogP contribution is 2.36. The summed E-state index contributed by atoms with van der Waals surface area (Å²) < 4.78 is 23.1. The molecule has 0 saturated carbocycles. The summed E-state index contributed by atoms with van der Waals surface area (Å²) in [5.74, 6) is 3.22. The lowest BCUT2D eigenvalue weighted by Gasteiger charge is -2.34. The number of aromatic nitrogens is 3. The Balaban J connectivity index is 0.000000170. The van der Waals surface area contributed by atoms with E-state index in [0.29, 0.717) is 70.8 Å². The molecule has 6 aromatic carbocycles. The van der Waals surface area contributed by atoms with Crippen LogP contribution in [0.1, 0.15) is 125 Å². The van der Waals surface area contributed by atoms with Crippen molar-refractivity contribution in [3.63, 3.8) is 0 Å². The summed E-state index contributed by atoms with van der Waals surface area (Å²) in [4.78, 5) is 88.3. The van der Waals surface area contributed by atoms with E-state index in [1.165, 1.54) is 6.08 Å². The number of nitrogens with two attached hydrogens (primary N) is 3. The van der Waals surface area contributed by atoms with E-state index in [9.17, 15) is 28.8 Å². The fraction of sp³-hybridized carbons (Fsp3) is 0.237. The molecule has 3 aliphatic rings. The molecule has 3 fully saturated rings. The van der Waals surface area contributed by atoms with Gasteiger partial charge in [-0.15, -0.1) is 0 Å². The predicted molar refractivity (Wildman–Crippen MR) is 389 cm³/mol. The molecule has 6 heterocycles. The van der Waals surface area contributed by atoms with Crippen molar-refractivity contribution in [2.24, 2.45) is 17.2 Å². The molecule has 19 nitrogen and oxygen atoms in total. The van der Waals surface area contributed by atoms with Gasteiger partial charge in [-0.05, 0) is 235 Å². The van der Waals surface area contributed by atoms with E-state index in [2.05, 4.69) is 18.5 Å². The second kappa shape index (κ2) is 35.3. The van der Waals surface area contributed by atoms with Gasteiger partial charge in [0.2, 0.25) is 11.1 Å². The number of para-hydroxylation sites is 3. The number of allylic oxidation sites excluding steroid dienone is 1. The maximum atomic E-state index is 12.6. The van der Waals surface area contributed by atoms with Crippen LogP contribution >= 0.6 is 11.6 Å². The number of benzene rings is 6. The van der Waals surface area contributed by atoms with E-state index in [-0.39, 0.29) is 23.8 Å². The van der Waals surface area contributed by atoms with Gasteiger partial charge in [0.25, 0.3) is 17.7 Å². The molecular formula is C80H82ClN9O10. The third-order valence-corrected chi connectivity index (χ3v) is 16.7. The number of pyridine rings is 3. The van der Waals surface area contributed by atoms with E-state index < -0.39 is 28.6 Å². The second-order valence-electron chi connectivity index (χ2n) is 25.0. The number of halogens is 1. The molecule has 0 aliphatic carbocycles. The number of rotatable bonds is 17. The Morgan fingerprint density at radius 2 is 0.790 bits per heavy atom. The molecule has 12 rings (SSSR count). The lowest BCUT2D eigenvalue weighted by atomic mass is 9.93. The third kappa shape index (κ3) is 20.9. The van der Waals surface area contributed by atoms with Crippen LogP contribution in [0, 0.1) is 0 Å². The summed E-state index contributed by atoms with van der Waals surface area (Å²) in [6, 6.07) is 61.9. The zero-order valence-corrected chi connectivity index (χ0v) is 57.0. The lowest BCUT2D eigenvalue weighted by molar-refractivity contribution is -0.127. The van der Waals surface area contributed by atoms with Crippen molar-refractivity contribution >= 4 is 46.6 Å². The molecule has 0 radical (unpaired) electrons. The molecule has 3 aromatic heterocycles. The van der Waals surface area contributed by atoms with E-state index in [1.54, 1.807) is 28.0 Å². The van der Waals surface area contributed by atoms with Crippen molar-refractivity contribution in [1.82, 2.24) is 30.1 Å². The molecule has 20 heteroatoms. The molecule has 3 aliphatic heterocycles. The van der Waals surface area contributed by atoms with Crippen LogP contribution in [0.2, 0.25) is 0 Å². The largest absolute Gasteiger partial charge is 0.457 e. The molecule has 100 heavy (non-hydrogen) atoms. The Hall–Kier alpha value is -11.3. The predicted octanol–water partition coefficient (Wildman–Crippen LogP) is 15.3. The number of nitrogens with one attached hydrogen (secondary N) is 1. The lowest BCUT2D eigenvalue weighted by Crippen LogP contribution is -2.42. The van der Waals surface area contributed by atoms with Crippen LogP contribution in [0.3, 0.4) is 0 Å². The minimum Gasteiger partial charge on any atom is -0.457 e. The van der Waals surface area contributed by atoms with Crippen molar-refractivity contribution in [2.75, 3.05) is 39.3 Å². The van der Waals surface area contributed by atoms with Gasteiger partial charge in [-0.3, -0.25) is 38.9 Å². The summed E-state index contributed by atoms with van der Waals surface area (Å²) in [6.07, 6.45) is 7.86. The van der Waals surface area contributed by atoms with Gasteiger partial charge in [0.1, 0.15) is 40.1 Å². The number of amides is 5. The van der Waals surface area contributed by atoms with Crippen LogP contribution in [-0.2, 0) is 14.3 Å². The van der Waals surface area contributed by atoms with E-state index >= 15 is 0 Å². The van der Waals surface area contributed by atoms with Crippen LogP contribution in [0.4, 0.5) is 4.79 Å². The maximum absolute atomic E-state index is 12.6. The zero-order chi connectivity index (χ0) is 71.1. The van der Waals surface area contributed by atoms with Crippen molar-refractivity contribution in [1.29, 1.82) is 0 Å². The molecule has 514 valence electrons. The standard InChI is InChI=1S/C28H31N3O4.C26H25N3O3.C23H23N3O2.C3H3ClO/c1-28(2,3)35-27(33)31-17-7-8-20(18-31)24-16-15-23(26(29)32)25(30-24)19-11-13-22(14-12-19)34-21-9-5-4-6-10-21;1-2-24(30)29-16-6-7-19(17-29)23-15-14-22(26(27)31)25(28-23)18-10-12-21(13-11-18)32-20-8-4-3-5-9-20;24-23(27)20-12-13-21(17-5-4-14-25-15-17)26-22(20)16-8-10-19(11-9-16)28-18-6-2-1-3-7-18;1-2-3(4)5/h4-6,9-16,20H,7-8,17-18H2,1-3H3,(H2,29,32);2-5,8-15,19H,1,6-7,16-17H2,(H2,27,31);1-3,6-13,17,25H,4-5,14-15H2,(H2,24,27);2H,1H2. The van der Waals surface area contributed by atoms with Gasteiger partial charge < -0.3 is 51.3 Å². The van der Waals surface area contributed by atoms with Gasteiger partial charge in [0.05, 0.1) is 33.8 Å². The number of hydrogen-bond donors (Lipinski definition) is 4. The number of hydrogen-bond acceptors (Lipinski definition) is 14. The third-order valence-electron chi connectivity index (χ3n) is 16.6. The summed E-state index contributed by atoms with van der Waals surface area (Å²) >= 11 is 4.71. The molecule has 3 saturated heterocycles. The summed E-state index contributed by atoms with van der Waals surface area (Å²) in [7, 11) is 0. The molecular weight excluding hydrogens is 1280 g/mol. The number of carbonyl (C=O) groups is 6. The first-order valence-electron chi connectivity index (χ1n) is 33.1. The van der Waals surface area contributed by atoms with E-state index in [1.807, 2.05) is 203 Å². The summed E-state index contributed by atoms with van der Waals surface area (Å²) in [6.45, 7) is 16.7.